The van der Waals surface area contributed by atoms with Gasteiger partial charge in [-0.15, -0.1) is 0 Å². The van der Waals surface area contributed by atoms with Crippen LogP contribution in [0, 0.1) is 11.3 Å². The van der Waals surface area contributed by atoms with Crippen molar-refractivity contribution >= 4 is 27.6 Å². The van der Waals surface area contributed by atoms with Crippen LogP contribution in [0.25, 0.3) is 38.6 Å². The highest BCUT2D eigenvalue weighted by atomic mass is 16.5. The standard InChI is InChI=1S/C31H24N8O2/c1-3-24(37-28-23-14-19(15-32)12-13-25(23)35-18-36-28)29-38-26-11-7-10-22(20-16-33-31(41-2)34-17-20)27(26)30(40)39(29)21-8-5-4-6-9-21/h4-14,16-18,24H,3H2,1-2H3,(H,35,36,37)/t24-/m0/s1. The van der Waals surface area contributed by atoms with E-state index in [2.05, 4.69) is 31.3 Å². The summed E-state index contributed by atoms with van der Waals surface area (Å²) in [5.74, 6) is 1.08. The number of methoxy groups -OCH3 is 1. The third kappa shape index (κ3) is 4.70. The van der Waals surface area contributed by atoms with E-state index in [9.17, 15) is 10.1 Å². The summed E-state index contributed by atoms with van der Waals surface area (Å²) in [5.41, 5.74) is 3.56. The van der Waals surface area contributed by atoms with Gasteiger partial charge in [0.25, 0.3) is 5.56 Å². The summed E-state index contributed by atoms with van der Waals surface area (Å²) in [6, 6.07) is 22.3. The second kappa shape index (κ2) is 10.8. The van der Waals surface area contributed by atoms with Gasteiger partial charge < -0.3 is 10.1 Å². The first-order valence-corrected chi connectivity index (χ1v) is 13.0. The van der Waals surface area contributed by atoms with E-state index in [4.69, 9.17) is 9.72 Å². The Hall–Kier alpha value is -5.69. The molecule has 0 radical (unpaired) electrons. The van der Waals surface area contributed by atoms with Crippen LogP contribution in [0.15, 0.2) is 90.2 Å². The van der Waals surface area contributed by atoms with Crippen LogP contribution in [0.1, 0.15) is 30.8 Å². The molecule has 6 aromatic rings. The first kappa shape index (κ1) is 25.6. The minimum atomic E-state index is -0.399. The van der Waals surface area contributed by atoms with E-state index < -0.39 is 6.04 Å². The van der Waals surface area contributed by atoms with Crippen LogP contribution < -0.4 is 15.6 Å². The molecular weight excluding hydrogens is 516 g/mol. The smallest absolute Gasteiger partial charge is 0.316 e. The van der Waals surface area contributed by atoms with E-state index in [1.54, 1.807) is 35.2 Å². The zero-order valence-electron chi connectivity index (χ0n) is 22.3. The van der Waals surface area contributed by atoms with Gasteiger partial charge in [-0.1, -0.05) is 37.3 Å². The lowest BCUT2D eigenvalue weighted by Crippen LogP contribution is -2.28. The van der Waals surface area contributed by atoms with Gasteiger partial charge in [0.1, 0.15) is 18.0 Å². The van der Waals surface area contributed by atoms with Gasteiger partial charge in [-0.2, -0.15) is 5.26 Å². The predicted molar refractivity (Wildman–Crippen MR) is 156 cm³/mol. The number of nitrogens with one attached hydrogen (secondary N) is 1. The summed E-state index contributed by atoms with van der Waals surface area (Å²) >= 11 is 0. The zero-order chi connectivity index (χ0) is 28.3. The number of nitriles is 1. The van der Waals surface area contributed by atoms with Crippen molar-refractivity contribution in [2.75, 3.05) is 12.4 Å². The summed E-state index contributed by atoms with van der Waals surface area (Å²) in [5, 5.41) is 14.1. The summed E-state index contributed by atoms with van der Waals surface area (Å²) in [6.07, 6.45) is 5.34. The lowest BCUT2D eigenvalue weighted by molar-refractivity contribution is 0.380. The number of anilines is 1. The Morgan fingerprint density at radius 3 is 2.51 bits per heavy atom. The van der Waals surface area contributed by atoms with Gasteiger partial charge in [-0.3, -0.25) is 9.36 Å². The molecule has 200 valence electrons. The first-order valence-electron chi connectivity index (χ1n) is 13.0. The number of benzene rings is 3. The van der Waals surface area contributed by atoms with Gasteiger partial charge in [-0.25, -0.2) is 24.9 Å². The topological polar surface area (TPSA) is 132 Å². The molecule has 0 aliphatic carbocycles. The molecule has 1 atom stereocenters. The molecule has 1 N–H and O–H groups in total. The number of ether oxygens (including phenoxy) is 1. The van der Waals surface area contributed by atoms with Crippen LogP contribution in [-0.4, -0.2) is 36.6 Å². The van der Waals surface area contributed by atoms with Crippen LogP contribution in [0.3, 0.4) is 0 Å². The Morgan fingerprint density at radius 2 is 1.78 bits per heavy atom. The predicted octanol–water partition coefficient (Wildman–Crippen LogP) is 5.23. The average Bonchev–Trinajstić information content (AvgIpc) is 3.03. The van der Waals surface area contributed by atoms with Crippen LogP contribution >= 0.6 is 0 Å². The Morgan fingerprint density at radius 1 is 0.976 bits per heavy atom. The summed E-state index contributed by atoms with van der Waals surface area (Å²) < 4.78 is 6.74. The fourth-order valence-corrected chi connectivity index (χ4v) is 4.86. The highest BCUT2D eigenvalue weighted by Crippen LogP contribution is 2.30. The van der Waals surface area contributed by atoms with Crippen LogP contribution in [0.2, 0.25) is 0 Å². The maximum atomic E-state index is 14.4. The number of nitrogens with zero attached hydrogens (tertiary/aromatic N) is 7. The molecule has 10 heteroatoms. The van der Waals surface area contributed by atoms with E-state index in [1.807, 2.05) is 55.5 Å². The van der Waals surface area contributed by atoms with E-state index in [-0.39, 0.29) is 11.6 Å². The number of aromatic nitrogens is 6. The number of hydrogen-bond acceptors (Lipinski definition) is 9. The number of rotatable bonds is 7. The molecule has 0 aliphatic heterocycles. The molecule has 6 rings (SSSR count). The largest absolute Gasteiger partial charge is 0.467 e. The zero-order valence-corrected chi connectivity index (χ0v) is 22.3. The molecule has 10 nitrogen and oxygen atoms in total. The highest BCUT2D eigenvalue weighted by Gasteiger charge is 2.23. The van der Waals surface area contributed by atoms with Gasteiger partial charge >= 0.3 is 6.01 Å². The minimum absolute atomic E-state index is 0.220. The highest BCUT2D eigenvalue weighted by molar-refractivity contribution is 5.94. The fourth-order valence-electron chi connectivity index (χ4n) is 4.86. The SMILES string of the molecule is CC[C@H](Nc1ncnc2ccc(C#N)cc12)c1nc2cccc(-c3cnc(OC)nc3)c2c(=O)n1-c1ccccc1. The van der Waals surface area contributed by atoms with Crippen molar-refractivity contribution in [2.45, 2.75) is 19.4 Å². The minimum Gasteiger partial charge on any atom is -0.467 e. The van der Waals surface area contributed by atoms with Gasteiger partial charge in [0.05, 0.1) is 46.9 Å². The molecule has 0 spiro atoms. The van der Waals surface area contributed by atoms with Crippen molar-refractivity contribution in [2.24, 2.45) is 0 Å². The van der Waals surface area contributed by atoms with Gasteiger partial charge in [-0.05, 0) is 48.4 Å². The normalized spacial score (nSPS) is 11.7. The summed E-state index contributed by atoms with van der Waals surface area (Å²) in [4.78, 5) is 36.7. The van der Waals surface area contributed by atoms with Crippen molar-refractivity contribution in [3.63, 3.8) is 0 Å². The molecule has 0 bridgehead atoms. The third-order valence-electron chi connectivity index (χ3n) is 6.85. The molecule has 0 amide bonds. The molecule has 0 aliphatic rings. The van der Waals surface area contributed by atoms with Gasteiger partial charge in [0.15, 0.2) is 0 Å². The van der Waals surface area contributed by atoms with E-state index in [1.165, 1.54) is 13.4 Å². The Bertz CT molecular complexity index is 1980. The van der Waals surface area contributed by atoms with Crippen molar-refractivity contribution in [3.05, 3.63) is 107 Å². The second-order valence-electron chi connectivity index (χ2n) is 9.28. The molecule has 3 aromatic carbocycles. The van der Waals surface area contributed by atoms with Crippen molar-refractivity contribution in [3.8, 4) is 28.9 Å². The maximum absolute atomic E-state index is 14.4. The van der Waals surface area contributed by atoms with Crippen LogP contribution in [-0.2, 0) is 0 Å². The molecule has 0 saturated carbocycles. The Labute approximate surface area is 235 Å². The summed E-state index contributed by atoms with van der Waals surface area (Å²) in [7, 11) is 1.50. The number of hydrogen-bond donors (Lipinski definition) is 1. The van der Waals surface area contributed by atoms with Crippen molar-refractivity contribution in [1.29, 1.82) is 5.26 Å². The quantitative estimate of drug-likeness (QED) is 0.289. The molecule has 3 aromatic heterocycles. The molecule has 3 heterocycles. The van der Waals surface area contributed by atoms with E-state index >= 15 is 0 Å². The molecule has 0 unspecified atom stereocenters. The second-order valence-corrected chi connectivity index (χ2v) is 9.28. The van der Waals surface area contributed by atoms with Gasteiger partial charge in [0.2, 0.25) is 0 Å². The number of fused-ring (bicyclic) bond motifs is 2. The van der Waals surface area contributed by atoms with Crippen LogP contribution in [0.5, 0.6) is 6.01 Å². The third-order valence-corrected chi connectivity index (χ3v) is 6.85. The van der Waals surface area contributed by atoms with Crippen molar-refractivity contribution in [1.82, 2.24) is 29.5 Å². The Balaban J connectivity index is 1.56. The monoisotopic (exact) mass is 540 g/mol. The number of para-hydroxylation sites is 1. The average molecular weight is 541 g/mol. The first-order chi connectivity index (χ1) is 20.1. The van der Waals surface area contributed by atoms with Gasteiger partial charge in [0, 0.05) is 23.3 Å². The lowest BCUT2D eigenvalue weighted by atomic mass is 10.0. The fraction of sp³-hybridized carbons (Fsp3) is 0.129. The van der Waals surface area contributed by atoms with Crippen LogP contribution in [0.4, 0.5) is 5.82 Å². The summed E-state index contributed by atoms with van der Waals surface area (Å²) in [6.45, 7) is 2.01. The molecule has 41 heavy (non-hydrogen) atoms. The van der Waals surface area contributed by atoms with Crippen molar-refractivity contribution < 1.29 is 4.74 Å². The Kier molecular flexibility index (Phi) is 6.75. The molecule has 0 saturated heterocycles. The van der Waals surface area contributed by atoms with E-state index in [0.29, 0.717) is 62.2 Å². The maximum Gasteiger partial charge on any atom is 0.316 e. The molecular formula is C31H24N8O2. The van der Waals surface area contributed by atoms with E-state index in [0.717, 1.165) is 0 Å². The molecule has 0 fully saturated rings. The lowest BCUT2D eigenvalue weighted by Gasteiger charge is -2.23.